The van der Waals surface area contributed by atoms with Crippen molar-refractivity contribution in [3.63, 3.8) is 0 Å². The van der Waals surface area contributed by atoms with Crippen molar-refractivity contribution in [1.29, 1.82) is 0 Å². The highest BCUT2D eigenvalue weighted by Crippen LogP contribution is 2.43. The van der Waals surface area contributed by atoms with E-state index in [-0.39, 0.29) is 29.7 Å². The van der Waals surface area contributed by atoms with Gasteiger partial charge in [0.1, 0.15) is 0 Å². The van der Waals surface area contributed by atoms with Crippen molar-refractivity contribution in [1.82, 2.24) is 4.90 Å². The zero-order chi connectivity index (χ0) is 12.6. The highest BCUT2D eigenvalue weighted by Gasteiger charge is 2.52. The first kappa shape index (κ1) is 12.6. The van der Waals surface area contributed by atoms with Crippen LogP contribution in [0.1, 0.15) is 39.5 Å². The summed E-state index contributed by atoms with van der Waals surface area (Å²) < 4.78 is 0. The van der Waals surface area contributed by atoms with E-state index in [1.54, 1.807) is 0 Å². The standard InChI is InChI=1S/C13H22N2O2/c1-3-9(4-5-14)15-12(16)10-6-8(2)7-11(10)13(15)17/h8-11H,3-7,14H2,1-2H3. The molecule has 0 radical (unpaired) electrons. The molecule has 96 valence electrons. The molecule has 4 heteroatoms. The molecule has 0 bridgehead atoms. The average molecular weight is 238 g/mol. The number of fused-ring (bicyclic) bond motifs is 1. The lowest BCUT2D eigenvalue weighted by Crippen LogP contribution is -2.42. The van der Waals surface area contributed by atoms with E-state index in [1.807, 2.05) is 6.92 Å². The monoisotopic (exact) mass is 238 g/mol. The second kappa shape index (κ2) is 4.77. The van der Waals surface area contributed by atoms with Crippen molar-refractivity contribution in [3.8, 4) is 0 Å². The Morgan fingerprint density at radius 3 is 2.24 bits per heavy atom. The third-order valence-electron chi connectivity index (χ3n) is 4.24. The topological polar surface area (TPSA) is 63.4 Å². The summed E-state index contributed by atoms with van der Waals surface area (Å²) >= 11 is 0. The molecule has 0 aromatic carbocycles. The molecule has 1 saturated heterocycles. The molecular formula is C13H22N2O2. The van der Waals surface area contributed by atoms with Crippen LogP contribution in [-0.4, -0.2) is 29.3 Å². The Hall–Kier alpha value is -0.900. The van der Waals surface area contributed by atoms with Gasteiger partial charge in [0.15, 0.2) is 0 Å². The lowest BCUT2D eigenvalue weighted by molar-refractivity contribution is -0.143. The van der Waals surface area contributed by atoms with Crippen LogP contribution >= 0.6 is 0 Å². The first-order chi connectivity index (χ1) is 8.10. The number of hydrogen-bond acceptors (Lipinski definition) is 3. The summed E-state index contributed by atoms with van der Waals surface area (Å²) in [5, 5.41) is 0. The van der Waals surface area contributed by atoms with Crippen LogP contribution in [0.3, 0.4) is 0 Å². The van der Waals surface area contributed by atoms with Gasteiger partial charge in [0.2, 0.25) is 11.8 Å². The summed E-state index contributed by atoms with van der Waals surface area (Å²) in [6, 6.07) is 0.0147. The Morgan fingerprint density at radius 2 is 1.82 bits per heavy atom. The zero-order valence-corrected chi connectivity index (χ0v) is 10.7. The van der Waals surface area contributed by atoms with E-state index < -0.39 is 0 Å². The highest BCUT2D eigenvalue weighted by molar-refractivity contribution is 6.05. The van der Waals surface area contributed by atoms with Crippen molar-refractivity contribution < 1.29 is 9.59 Å². The van der Waals surface area contributed by atoms with Crippen LogP contribution in [0.2, 0.25) is 0 Å². The Morgan fingerprint density at radius 1 is 1.29 bits per heavy atom. The van der Waals surface area contributed by atoms with Crippen molar-refractivity contribution in [2.24, 2.45) is 23.5 Å². The molecule has 3 unspecified atom stereocenters. The smallest absolute Gasteiger partial charge is 0.233 e. The van der Waals surface area contributed by atoms with E-state index in [0.29, 0.717) is 12.5 Å². The fourth-order valence-corrected chi connectivity index (χ4v) is 3.37. The molecule has 1 aliphatic carbocycles. The van der Waals surface area contributed by atoms with Crippen LogP contribution in [0.15, 0.2) is 0 Å². The lowest BCUT2D eigenvalue weighted by Gasteiger charge is -2.26. The molecule has 0 aromatic rings. The maximum absolute atomic E-state index is 12.3. The Bertz CT molecular complexity index is 305. The van der Waals surface area contributed by atoms with Gasteiger partial charge < -0.3 is 5.73 Å². The van der Waals surface area contributed by atoms with Gasteiger partial charge in [-0.25, -0.2) is 0 Å². The molecule has 1 heterocycles. The number of carbonyl (C=O) groups excluding carboxylic acids is 2. The Labute approximate surface area is 103 Å². The number of carbonyl (C=O) groups is 2. The third kappa shape index (κ3) is 1.99. The van der Waals surface area contributed by atoms with Gasteiger partial charge in [-0.3, -0.25) is 14.5 Å². The molecule has 2 N–H and O–H groups in total. The van der Waals surface area contributed by atoms with Crippen LogP contribution in [0, 0.1) is 17.8 Å². The highest BCUT2D eigenvalue weighted by atomic mass is 16.2. The minimum absolute atomic E-state index is 0.0147. The number of amides is 2. The van der Waals surface area contributed by atoms with E-state index in [9.17, 15) is 9.59 Å². The third-order valence-corrected chi connectivity index (χ3v) is 4.24. The van der Waals surface area contributed by atoms with Crippen LogP contribution < -0.4 is 5.73 Å². The van der Waals surface area contributed by atoms with Crippen LogP contribution in [-0.2, 0) is 9.59 Å². The summed E-state index contributed by atoms with van der Waals surface area (Å²) in [6.45, 7) is 4.67. The number of imide groups is 1. The molecule has 0 aromatic heterocycles. The molecule has 2 amide bonds. The normalized spacial score (nSPS) is 34.3. The van der Waals surface area contributed by atoms with Gasteiger partial charge in [0.25, 0.3) is 0 Å². The van der Waals surface area contributed by atoms with Crippen LogP contribution in [0.5, 0.6) is 0 Å². The molecule has 3 atom stereocenters. The number of likely N-dealkylation sites (tertiary alicyclic amines) is 1. The van der Waals surface area contributed by atoms with Crippen molar-refractivity contribution in [3.05, 3.63) is 0 Å². The van der Waals surface area contributed by atoms with Gasteiger partial charge in [0.05, 0.1) is 11.8 Å². The van der Waals surface area contributed by atoms with Gasteiger partial charge in [-0.15, -0.1) is 0 Å². The van der Waals surface area contributed by atoms with Crippen LogP contribution in [0.4, 0.5) is 0 Å². The largest absolute Gasteiger partial charge is 0.330 e. The van der Waals surface area contributed by atoms with E-state index in [4.69, 9.17) is 5.73 Å². The SMILES string of the molecule is CCC(CCN)N1C(=O)C2CC(C)CC2C1=O. The first-order valence-corrected chi connectivity index (χ1v) is 6.67. The van der Waals surface area contributed by atoms with E-state index in [0.717, 1.165) is 25.7 Å². The molecule has 1 saturated carbocycles. The summed E-state index contributed by atoms with van der Waals surface area (Å²) in [4.78, 5) is 26.1. The van der Waals surface area contributed by atoms with E-state index in [1.165, 1.54) is 4.90 Å². The van der Waals surface area contributed by atoms with Crippen molar-refractivity contribution >= 4 is 11.8 Å². The number of nitrogens with zero attached hydrogens (tertiary/aromatic N) is 1. The predicted octanol–water partition coefficient (Wildman–Crippen LogP) is 1.14. The van der Waals surface area contributed by atoms with Crippen LogP contribution in [0.25, 0.3) is 0 Å². The molecule has 2 aliphatic rings. The second-order valence-corrected chi connectivity index (χ2v) is 5.48. The van der Waals surface area contributed by atoms with E-state index in [2.05, 4.69) is 6.92 Å². The fourth-order valence-electron chi connectivity index (χ4n) is 3.37. The van der Waals surface area contributed by atoms with Gasteiger partial charge in [0, 0.05) is 6.04 Å². The van der Waals surface area contributed by atoms with Gasteiger partial charge in [-0.05, 0) is 38.1 Å². The summed E-state index contributed by atoms with van der Waals surface area (Å²) in [7, 11) is 0. The maximum atomic E-state index is 12.3. The minimum atomic E-state index is -0.0377. The predicted molar refractivity (Wildman–Crippen MR) is 65.0 cm³/mol. The van der Waals surface area contributed by atoms with Gasteiger partial charge >= 0.3 is 0 Å². The molecule has 1 aliphatic heterocycles. The maximum Gasteiger partial charge on any atom is 0.233 e. The zero-order valence-electron chi connectivity index (χ0n) is 10.7. The Balaban J connectivity index is 2.16. The first-order valence-electron chi connectivity index (χ1n) is 6.67. The number of rotatable bonds is 4. The van der Waals surface area contributed by atoms with Gasteiger partial charge in [-0.2, -0.15) is 0 Å². The molecule has 17 heavy (non-hydrogen) atoms. The number of hydrogen-bond donors (Lipinski definition) is 1. The number of nitrogens with two attached hydrogens (primary N) is 1. The molecule has 4 nitrogen and oxygen atoms in total. The van der Waals surface area contributed by atoms with Crippen molar-refractivity contribution in [2.75, 3.05) is 6.54 Å². The average Bonchev–Trinajstić information content (AvgIpc) is 2.78. The van der Waals surface area contributed by atoms with Crippen molar-refractivity contribution in [2.45, 2.75) is 45.6 Å². The molecule has 2 fully saturated rings. The lowest BCUT2D eigenvalue weighted by atomic mass is 10.00. The fraction of sp³-hybridized carbons (Fsp3) is 0.846. The summed E-state index contributed by atoms with van der Waals surface area (Å²) in [5.41, 5.74) is 5.55. The summed E-state index contributed by atoms with van der Waals surface area (Å²) in [5.74, 6) is 0.553. The summed E-state index contributed by atoms with van der Waals surface area (Å²) in [6.07, 6.45) is 3.29. The molecule has 0 spiro atoms. The quantitative estimate of drug-likeness (QED) is 0.747. The molecular weight excluding hydrogens is 216 g/mol. The van der Waals surface area contributed by atoms with Gasteiger partial charge in [-0.1, -0.05) is 13.8 Å². The minimum Gasteiger partial charge on any atom is -0.330 e. The van der Waals surface area contributed by atoms with E-state index >= 15 is 0 Å². The Kier molecular flexibility index (Phi) is 3.52. The second-order valence-electron chi connectivity index (χ2n) is 5.48. The molecule has 2 rings (SSSR count).